The fraction of sp³-hybridized carbons (Fsp3) is 0.600. The topological polar surface area (TPSA) is 30.5 Å². The highest BCUT2D eigenvalue weighted by Gasteiger charge is 2.16. The van der Waals surface area contributed by atoms with E-state index in [4.69, 9.17) is 9.47 Å². The molecule has 0 amide bonds. The van der Waals surface area contributed by atoms with Gasteiger partial charge >= 0.3 is 0 Å². The lowest BCUT2D eigenvalue weighted by Gasteiger charge is -2.14. The molecule has 1 N–H and O–H groups in total. The van der Waals surface area contributed by atoms with E-state index in [1.165, 1.54) is 12.0 Å². The van der Waals surface area contributed by atoms with Crippen molar-refractivity contribution in [3.05, 3.63) is 23.8 Å². The smallest absolute Gasteiger partial charge is 0.161 e. The molecule has 2 rings (SSSR count). The largest absolute Gasteiger partial charge is 0.493 e. The van der Waals surface area contributed by atoms with Crippen LogP contribution in [0.4, 0.5) is 0 Å². The van der Waals surface area contributed by atoms with Crippen molar-refractivity contribution < 1.29 is 9.47 Å². The van der Waals surface area contributed by atoms with Crippen LogP contribution in [-0.2, 0) is 6.42 Å². The first-order valence-corrected chi connectivity index (χ1v) is 6.84. The zero-order valence-electron chi connectivity index (χ0n) is 11.4. The summed E-state index contributed by atoms with van der Waals surface area (Å²) in [4.78, 5) is 0. The van der Waals surface area contributed by atoms with Gasteiger partial charge in [-0.2, -0.15) is 0 Å². The fourth-order valence-corrected chi connectivity index (χ4v) is 2.34. The quantitative estimate of drug-likeness (QED) is 0.840. The molecule has 0 bridgehead atoms. The summed E-state index contributed by atoms with van der Waals surface area (Å²) in [5, 5.41) is 3.35. The summed E-state index contributed by atoms with van der Waals surface area (Å²) in [7, 11) is 1.70. The molecule has 1 heterocycles. The number of aryl methyl sites for hydroxylation is 1. The van der Waals surface area contributed by atoms with Crippen LogP contribution in [0.1, 0.15) is 25.3 Å². The molecule has 18 heavy (non-hydrogen) atoms. The van der Waals surface area contributed by atoms with Gasteiger partial charge < -0.3 is 14.8 Å². The van der Waals surface area contributed by atoms with Crippen LogP contribution in [0.3, 0.4) is 0 Å². The molecule has 1 aromatic carbocycles. The maximum Gasteiger partial charge on any atom is 0.161 e. The fourth-order valence-electron chi connectivity index (χ4n) is 2.34. The molecule has 100 valence electrons. The Labute approximate surface area is 109 Å². The zero-order valence-corrected chi connectivity index (χ0v) is 11.4. The third kappa shape index (κ3) is 3.39. The molecule has 0 radical (unpaired) electrons. The van der Waals surface area contributed by atoms with Gasteiger partial charge in [0.05, 0.1) is 13.7 Å². The predicted molar refractivity (Wildman–Crippen MR) is 73.5 cm³/mol. The molecule has 0 aromatic heterocycles. The van der Waals surface area contributed by atoms with E-state index in [1.54, 1.807) is 7.11 Å². The van der Waals surface area contributed by atoms with E-state index in [9.17, 15) is 0 Å². The highest BCUT2D eigenvalue weighted by Crippen LogP contribution is 2.29. The number of nitrogens with one attached hydrogen (secondary N) is 1. The molecule has 1 aliphatic rings. The van der Waals surface area contributed by atoms with Gasteiger partial charge in [-0.15, -0.1) is 0 Å². The second-order valence-corrected chi connectivity index (χ2v) is 4.91. The first kappa shape index (κ1) is 13.2. The van der Waals surface area contributed by atoms with Gasteiger partial charge in [0, 0.05) is 12.5 Å². The molecule has 0 aliphatic carbocycles. The summed E-state index contributed by atoms with van der Waals surface area (Å²) >= 11 is 0. The van der Waals surface area contributed by atoms with Gasteiger partial charge in [-0.3, -0.25) is 0 Å². The molecule has 1 saturated heterocycles. The van der Waals surface area contributed by atoms with E-state index in [0.717, 1.165) is 44.0 Å². The Kier molecular flexibility index (Phi) is 4.88. The average molecular weight is 249 g/mol. The molecule has 3 nitrogen and oxygen atoms in total. The number of ether oxygens (including phenoxy) is 2. The van der Waals surface area contributed by atoms with Crippen molar-refractivity contribution >= 4 is 0 Å². The van der Waals surface area contributed by atoms with Crippen molar-refractivity contribution in [3.63, 3.8) is 0 Å². The van der Waals surface area contributed by atoms with Crippen LogP contribution in [0.2, 0.25) is 0 Å². The monoisotopic (exact) mass is 249 g/mol. The normalized spacial score (nSPS) is 18.9. The SMILES string of the molecule is CCCc1ccc(OC[C@@H]2CCNC2)c(OC)c1. The minimum Gasteiger partial charge on any atom is -0.493 e. The molecule has 0 saturated carbocycles. The van der Waals surface area contributed by atoms with Crippen LogP contribution < -0.4 is 14.8 Å². The molecule has 0 unspecified atom stereocenters. The number of hydrogen-bond donors (Lipinski definition) is 1. The summed E-state index contributed by atoms with van der Waals surface area (Å²) in [6, 6.07) is 6.26. The van der Waals surface area contributed by atoms with Crippen molar-refractivity contribution in [2.45, 2.75) is 26.2 Å². The van der Waals surface area contributed by atoms with E-state index in [-0.39, 0.29) is 0 Å². The number of hydrogen-bond acceptors (Lipinski definition) is 3. The summed E-state index contributed by atoms with van der Waals surface area (Å²) in [6.45, 7) is 5.14. The average Bonchev–Trinajstić information content (AvgIpc) is 2.90. The maximum absolute atomic E-state index is 5.88. The van der Waals surface area contributed by atoms with Crippen molar-refractivity contribution in [1.82, 2.24) is 5.32 Å². The molecule has 1 aliphatic heterocycles. The minimum atomic E-state index is 0.630. The van der Waals surface area contributed by atoms with Crippen LogP contribution in [0.15, 0.2) is 18.2 Å². The van der Waals surface area contributed by atoms with Gasteiger partial charge in [-0.05, 0) is 37.1 Å². The summed E-state index contributed by atoms with van der Waals surface area (Å²) in [5.41, 5.74) is 1.31. The lowest BCUT2D eigenvalue weighted by Crippen LogP contribution is -2.15. The van der Waals surface area contributed by atoms with Gasteiger partial charge in [-0.1, -0.05) is 19.4 Å². The number of rotatable bonds is 6. The number of methoxy groups -OCH3 is 1. The van der Waals surface area contributed by atoms with E-state index < -0.39 is 0 Å². The molecular formula is C15H23NO2. The van der Waals surface area contributed by atoms with E-state index in [0.29, 0.717) is 5.92 Å². The second-order valence-electron chi connectivity index (χ2n) is 4.91. The highest BCUT2D eigenvalue weighted by molar-refractivity contribution is 5.43. The maximum atomic E-state index is 5.88. The van der Waals surface area contributed by atoms with Gasteiger partial charge in [0.2, 0.25) is 0 Å². The van der Waals surface area contributed by atoms with Gasteiger partial charge in [0.25, 0.3) is 0 Å². The van der Waals surface area contributed by atoms with Crippen LogP contribution in [0.25, 0.3) is 0 Å². The van der Waals surface area contributed by atoms with E-state index >= 15 is 0 Å². The lowest BCUT2D eigenvalue weighted by atomic mass is 10.1. The molecule has 0 spiro atoms. The minimum absolute atomic E-state index is 0.630. The predicted octanol–water partition coefficient (Wildman–Crippen LogP) is 2.64. The first-order chi connectivity index (χ1) is 8.83. The third-order valence-electron chi connectivity index (χ3n) is 3.40. The lowest BCUT2D eigenvalue weighted by molar-refractivity contribution is 0.247. The number of benzene rings is 1. The Morgan fingerprint density at radius 1 is 1.33 bits per heavy atom. The van der Waals surface area contributed by atoms with Gasteiger partial charge in [-0.25, -0.2) is 0 Å². The van der Waals surface area contributed by atoms with Crippen molar-refractivity contribution in [2.75, 3.05) is 26.8 Å². The molecular weight excluding hydrogens is 226 g/mol. The Hall–Kier alpha value is -1.22. The summed E-state index contributed by atoms with van der Waals surface area (Å²) in [5.74, 6) is 2.35. The highest BCUT2D eigenvalue weighted by atomic mass is 16.5. The molecule has 1 atom stereocenters. The third-order valence-corrected chi connectivity index (χ3v) is 3.40. The van der Waals surface area contributed by atoms with Crippen molar-refractivity contribution in [1.29, 1.82) is 0 Å². The van der Waals surface area contributed by atoms with Crippen molar-refractivity contribution in [3.8, 4) is 11.5 Å². The molecule has 3 heteroatoms. The second kappa shape index (κ2) is 6.64. The summed E-state index contributed by atoms with van der Waals surface area (Å²) in [6.07, 6.45) is 3.44. The van der Waals surface area contributed by atoms with E-state index in [2.05, 4.69) is 24.4 Å². The Bertz CT molecular complexity index is 373. The molecule has 1 fully saturated rings. The Morgan fingerprint density at radius 2 is 2.22 bits per heavy atom. The Morgan fingerprint density at radius 3 is 2.89 bits per heavy atom. The van der Waals surface area contributed by atoms with Gasteiger partial charge in [0.1, 0.15) is 0 Å². The standard InChI is InChI=1S/C15H23NO2/c1-3-4-12-5-6-14(15(9-12)17-2)18-11-13-7-8-16-10-13/h5-6,9,13,16H,3-4,7-8,10-11H2,1-2H3/t13-/m1/s1. The van der Waals surface area contributed by atoms with E-state index in [1.807, 2.05) is 6.07 Å². The van der Waals surface area contributed by atoms with Crippen LogP contribution in [0.5, 0.6) is 11.5 Å². The van der Waals surface area contributed by atoms with Crippen LogP contribution in [-0.4, -0.2) is 26.8 Å². The van der Waals surface area contributed by atoms with Crippen LogP contribution >= 0.6 is 0 Å². The summed E-state index contributed by atoms with van der Waals surface area (Å²) < 4.78 is 11.3. The zero-order chi connectivity index (χ0) is 12.8. The Balaban J connectivity index is 1.97. The van der Waals surface area contributed by atoms with Crippen molar-refractivity contribution in [2.24, 2.45) is 5.92 Å². The van der Waals surface area contributed by atoms with Gasteiger partial charge in [0.15, 0.2) is 11.5 Å². The first-order valence-electron chi connectivity index (χ1n) is 6.84. The molecule has 1 aromatic rings. The van der Waals surface area contributed by atoms with Crippen LogP contribution in [0, 0.1) is 5.92 Å².